The Kier molecular flexibility index (Phi) is 3.96. The van der Waals surface area contributed by atoms with Crippen molar-refractivity contribution >= 4 is 26.7 Å². The number of hydrogen-bond acceptors (Lipinski definition) is 5. The van der Waals surface area contributed by atoms with E-state index in [4.69, 9.17) is 15.5 Å². The van der Waals surface area contributed by atoms with Crippen LogP contribution in [0.4, 0.5) is 5.13 Å². The van der Waals surface area contributed by atoms with Crippen molar-refractivity contribution in [2.45, 2.75) is 18.9 Å². The van der Waals surface area contributed by atoms with Crippen LogP contribution >= 0.6 is 11.3 Å². The predicted molar refractivity (Wildman–Crippen MR) is 79.9 cm³/mol. The van der Waals surface area contributed by atoms with Gasteiger partial charge < -0.3 is 15.4 Å². The molecule has 0 spiro atoms. The van der Waals surface area contributed by atoms with E-state index in [1.54, 1.807) is 11.3 Å². The second-order valence-corrected chi connectivity index (χ2v) is 5.82. The maximum atomic E-state index is 5.71. The number of piperidine rings is 1. The Morgan fingerprint density at radius 2 is 2.11 bits per heavy atom. The first kappa shape index (κ1) is 12.8. The Hall–Kier alpha value is -1.17. The minimum atomic E-state index is 0.370. The Bertz CT molecular complexity index is 501. The molecule has 5 heteroatoms. The van der Waals surface area contributed by atoms with Gasteiger partial charge in [0.1, 0.15) is 0 Å². The number of para-hydroxylation sites is 1. The number of fused-ring (bicyclic) bond motifs is 1. The van der Waals surface area contributed by atoms with Gasteiger partial charge in [0.25, 0.3) is 0 Å². The zero-order valence-electron chi connectivity index (χ0n) is 10.9. The summed E-state index contributed by atoms with van der Waals surface area (Å²) in [5.74, 6) is 0. The SMILES string of the molecule is NCCOC1CCN(c2nc3ccccc3s2)CC1. The Morgan fingerprint density at radius 3 is 2.84 bits per heavy atom. The molecule has 1 saturated heterocycles. The second-order valence-electron chi connectivity index (χ2n) is 4.81. The fourth-order valence-electron chi connectivity index (χ4n) is 2.44. The van der Waals surface area contributed by atoms with Crippen LogP contribution in [0.2, 0.25) is 0 Å². The van der Waals surface area contributed by atoms with Crippen LogP contribution in [0.3, 0.4) is 0 Å². The van der Waals surface area contributed by atoms with Crippen molar-refractivity contribution < 1.29 is 4.74 Å². The summed E-state index contributed by atoms with van der Waals surface area (Å²) in [4.78, 5) is 7.08. The number of aromatic nitrogens is 1. The monoisotopic (exact) mass is 277 g/mol. The van der Waals surface area contributed by atoms with E-state index in [1.807, 2.05) is 6.07 Å². The second kappa shape index (κ2) is 5.86. The molecule has 1 aliphatic rings. The molecule has 0 saturated carbocycles. The lowest BCUT2D eigenvalue weighted by Gasteiger charge is -2.31. The van der Waals surface area contributed by atoms with Gasteiger partial charge in [-0.05, 0) is 25.0 Å². The van der Waals surface area contributed by atoms with Crippen LogP contribution in [-0.2, 0) is 4.74 Å². The number of nitrogens with zero attached hydrogens (tertiary/aromatic N) is 2. The highest BCUT2D eigenvalue weighted by molar-refractivity contribution is 7.22. The van der Waals surface area contributed by atoms with Gasteiger partial charge >= 0.3 is 0 Å². The third-order valence-corrected chi connectivity index (χ3v) is 4.56. The number of anilines is 1. The standard InChI is InChI=1S/C14H19N3OS/c15-7-10-18-11-5-8-17(9-6-11)14-16-12-3-1-2-4-13(12)19-14/h1-4,11H,5-10,15H2. The van der Waals surface area contributed by atoms with Gasteiger partial charge in [-0.25, -0.2) is 4.98 Å². The van der Waals surface area contributed by atoms with Crippen molar-refractivity contribution in [3.8, 4) is 0 Å². The molecule has 4 nitrogen and oxygen atoms in total. The van der Waals surface area contributed by atoms with E-state index in [-0.39, 0.29) is 0 Å². The molecule has 3 rings (SSSR count). The third-order valence-electron chi connectivity index (χ3n) is 3.47. The highest BCUT2D eigenvalue weighted by Gasteiger charge is 2.21. The molecule has 19 heavy (non-hydrogen) atoms. The molecule has 0 amide bonds. The molecule has 0 unspecified atom stereocenters. The first-order chi connectivity index (χ1) is 9.36. The fraction of sp³-hybridized carbons (Fsp3) is 0.500. The summed E-state index contributed by atoms with van der Waals surface area (Å²) in [5, 5.41) is 1.14. The number of nitrogens with two attached hydrogens (primary N) is 1. The largest absolute Gasteiger partial charge is 0.377 e. The lowest BCUT2D eigenvalue weighted by Crippen LogP contribution is -2.37. The maximum Gasteiger partial charge on any atom is 0.186 e. The van der Waals surface area contributed by atoms with Gasteiger partial charge in [-0.3, -0.25) is 0 Å². The minimum absolute atomic E-state index is 0.370. The summed E-state index contributed by atoms with van der Waals surface area (Å²) in [5.41, 5.74) is 6.56. The molecular weight excluding hydrogens is 258 g/mol. The molecule has 102 valence electrons. The lowest BCUT2D eigenvalue weighted by molar-refractivity contribution is 0.0422. The molecule has 0 bridgehead atoms. The average molecular weight is 277 g/mol. The number of benzene rings is 1. The van der Waals surface area contributed by atoms with Crippen LogP contribution in [0.5, 0.6) is 0 Å². The minimum Gasteiger partial charge on any atom is -0.377 e. The van der Waals surface area contributed by atoms with Crippen molar-refractivity contribution in [3.63, 3.8) is 0 Å². The molecule has 1 aromatic carbocycles. The summed E-state index contributed by atoms with van der Waals surface area (Å²) in [6, 6.07) is 8.32. The summed E-state index contributed by atoms with van der Waals surface area (Å²) >= 11 is 1.78. The normalized spacial score (nSPS) is 17.2. The maximum absolute atomic E-state index is 5.71. The summed E-state index contributed by atoms with van der Waals surface area (Å²) in [6.45, 7) is 3.33. The van der Waals surface area contributed by atoms with Crippen LogP contribution in [0.15, 0.2) is 24.3 Å². The first-order valence-electron chi connectivity index (χ1n) is 6.79. The summed E-state index contributed by atoms with van der Waals surface area (Å²) in [7, 11) is 0. The van der Waals surface area contributed by atoms with Crippen LogP contribution in [0, 0.1) is 0 Å². The van der Waals surface area contributed by atoms with Gasteiger partial charge in [0, 0.05) is 19.6 Å². The Morgan fingerprint density at radius 1 is 1.32 bits per heavy atom. The van der Waals surface area contributed by atoms with Crippen molar-refractivity contribution in [2.24, 2.45) is 5.73 Å². The van der Waals surface area contributed by atoms with Crippen LogP contribution in [0.25, 0.3) is 10.2 Å². The van der Waals surface area contributed by atoms with E-state index < -0.39 is 0 Å². The smallest absolute Gasteiger partial charge is 0.186 e. The topological polar surface area (TPSA) is 51.4 Å². The highest BCUT2D eigenvalue weighted by Crippen LogP contribution is 2.30. The van der Waals surface area contributed by atoms with Crippen molar-refractivity contribution in [3.05, 3.63) is 24.3 Å². The number of ether oxygens (including phenoxy) is 1. The molecule has 2 N–H and O–H groups in total. The molecule has 1 aliphatic heterocycles. The van der Waals surface area contributed by atoms with Gasteiger partial charge in [-0.1, -0.05) is 23.5 Å². The van der Waals surface area contributed by atoms with Crippen molar-refractivity contribution in [1.29, 1.82) is 0 Å². The van der Waals surface area contributed by atoms with Gasteiger partial charge in [0.05, 0.1) is 22.9 Å². The highest BCUT2D eigenvalue weighted by atomic mass is 32.1. The fourth-order valence-corrected chi connectivity index (χ4v) is 3.46. The van der Waals surface area contributed by atoms with Crippen molar-refractivity contribution in [1.82, 2.24) is 4.98 Å². The predicted octanol–water partition coefficient (Wildman–Crippen LogP) is 2.24. The van der Waals surface area contributed by atoms with Crippen LogP contribution < -0.4 is 10.6 Å². The van der Waals surface area contributed by atoms with E-state index >= 15 is 0 Å². The van der Waals surface area contributed by atoms with Gasteiger partial charge in [-0.2, -0.15) is 0 Å². The first-order valence-corrected chi connectivity index (χ1v) is 7.60. The number of thiazole rings is 1. The van der Waals surface area contributed by atoms with E-state index in [1.165, 1.54) is 4.70 Å². The molecule has 1 fully saturated rings. The van der Waals surface area contributed by atoms with Crippen LogP contribution in [-0.4, -0.2) is 37.3 Å². The zero-order valence-corrected chi connectivity index (χ0v) is 11.7. The number of rotatable bonds is 4. The molecule has 0 atom stereocenters. The third kappa shape index (κ3) is 2.88. The quantitative estimate of drug-likeness (QED) is 0.931. The van der Waals surface area contributed by atoms with Gasteiger partial charge in [0.15, 0.2) is 5.13 Å². The molecule has 2 aromatic rings. The van der Waals surface area contributed by atoms with E-state index in [0.717, 1.165) is 36.6 Å². The molecular formula is C14H19N3OS. The van der Waals surface area contributed by atoms with E-state index in [2.05, 4.69) is 23.1 Å². The molecule has 0 radical (unpaired) electrons. The Labute approximate surface area is 117 Å². The average Bonchev–Trinajstić information content (AvgIpc) is 2.89. The van der Waals surface area contributed by atoms with Crippen LogP contribution in [0.1, 0.15) is 12.8 Å². The van der Waals surface area contributed by atoms with E-state index in [9.17, 15) is 0 Å². The van der Waals surface area contributed by atoms with E-state index in [0.29, 0.717) is 19.3 Å². The Balaban J connectivity index is 1.64. The molecule has 1 aromatic heterocycles. The number of hydrogen-bond donors (Lipinski definition) is 1. The molecule has 0 aliphatic carbocycles. The lowest BCUT2D eigenvalue weighted by atomic mass is 10.1. The summed E-state index contributed by atoms with van der Waals surface area (Å²) in [6.07, 6.45) is 2.50. The zero-order chi connectivity index (χ0) is 13.1. The van der Waals surface area contributed by atoms with Gasteiger partial charge in [0.2, 0.25) is 0 Å². The molecule has 2 heterocycles. The summed E-state index contributed by atoms with van der Waals surface area (Å²) < 4.78 is 6.97. The van der Waals surface area contributed by atoms with Crippen molar-refractivity contribution in [2.75, 3.05) is 31.1 Å². The van der Waals surface area contributed by atoms with Gasteiger partial charge in [-0.15, -0.1) is 0 Å².